The quantitative estimate of drug-likeness (QED) is 0.582. The number of rotatable bonds is 3. The van der Waals surface area contributed by atoms with Gasteiger partial charge < -0.3 is 5.32 Å². The average Bonchev–Trinajstić information content (AvgIpc) is 3.06. The SMILES string of the molecule is CCSc1nn2c3c(c(C)nc2c1C#N)Nc1ccccc1C(=O)N3C1CCCCC1. The molecule has 7 nitrogen and oxygen atoms in total. The molecule has 0 saturated heterocycles. The maximum atomic E-state index is 13.9. The Labute approximate surface area is 185 Å². The van der Waals surface area contributed by atoms with Gasteiger partial charge in [-0.05, 0) is 37.7 Å². The summed E-state index contributed by atoms with van der Waals surface area (Å²) in [6.07, 6.45) is 5.32. The number of nitrogens with zero attached hydrogens (tertiary/aromatic N) is 5. The van der Waals surface area contributed by atoms with Crippen LogP contribution in [-0.2, 0) is 0 Å². The minimum atomic E-state index is -0.0284. The first-order valence-corrected chi connectivity index (χ1v) is 11.8. The number of carbonyl (C=O) groups is 1. The Hall–Kier alpha value is -3.05. The number of thioether (sulfide) groups is 1. The third-order valence-electron chi connectivity index (χ3n) is 6.09. The number of aryl methyl sites for hydroxylation is 1. The van der Waals surface area contributed by atoms with Crippen molar-refractivity contribution >= 4 is 40.5 Å². The van der Waals surface area contributed by atoms with Gasteiger partial charge in [-0.25, -0.2) is 4.98 Å². The number of para-hydroxylation sites is 1. The second-order valence-electron chi connectivity index (χ2n) is 7.99. The Bertz CT molecular complexity index is 1220. The lowest BCUT2D eigenvalue weighted by molar-refractivity contribution is 0.0970. The molecule has 31 heavy (non-hydrogen) atoms. The van der Waals surface area contributed by atoms with Crippen LogP contribution < -0.4 is 10.2 Å². The molecule has 0 bridgehead atoms. The van der Waals surface area contributed by atoms with E-state index >= 15 is 0 Å². The molecule has 5 rings (SSSR count). The summed E-state index contributed by atoms with van der Waals surface area (Å²) in [5.74, 6) is 1.46. The second kappa shape index (κ2) is 7.89. The number of carbonyl (C=O) groups excluding carboxylic acids is 1. The smallest absolute Gasteiger partial charge is 0.261 e. The molecule has 0 radical (unpaired) electrons. The zero-order valence-electron chi connectivity index (χ0n) is 17.7. The molecule has 1 fully saturated rings. The Morgan fingerprint density at radius 1 is 1.26 bits per heavy atom. The maximum Gasteiger partial charge on any atom is 0.261 e. The summed E-state index contributed by atoms with van der Waals surface area (Å²) >= 11 is 1.52. The van der Waals surface area contributed by atoms with Gasteiger partial charge in [0.05, 0.1) is 16.9 Å². The summed E-state index contributed by atoms with van der Waals surface area (Å²) in [7, 11) is 0. The summed E-state index contributed by atoms with van der Waals surface area (Å²) in [6, 6.07) is 9.99. The van der Waals surface area contributed by atoms with E-state index in [4.69, 9.17) is 10.1 Å². The number of anilines is 3. The molecule has 2 aromatic heterocycles. The Morgan fingerprint density at radius 2 is 2.03 bits per heavy atom. The highest BCUT2D eigenvalue weighted by atomic mass is 32.2. The van der Waals surface area contributed by atoms with E-state index in [1.165, 1.54) is 18.2 Å². The molecule has 158 valence electrons. The number of amides is 1. The summed E-state index contributed by atoms with van der Waals surface area (Å²) in [5, 5.41) is 18.7. The largest absolute Gasteiger partial charge is 0.350 e. The van der Waals surface area contributed by atoms with Crippen LogP contribution in [0.15, 0.2) is 29.3 Å². The Balaban J connectivity index is 1.83. The van der Waals surface area contributed by atoms with E-state index in [0.29, 0.717) is 27.6 Å². The van der Waals surface area contributed by atoms with E-state index in [1.807, 2.05) is 43.0 Å². The normalized spacial score (nSPS) is 16.4. The van der Waals surface area contributed by atoms with Crippen LogP contribution in [0.3, 0.4) is 0 Å². The molecule has 0 atom stereocenters. The zero-order chi connectivity index (χ0) is 21.5. The lowest BCUT2D eigenvalue weighted by atomic mass is 9.93. The molecule has 3 heterocycles. The summed E-state index contributed by atoms with van der Waals surface area (Å²) in [5.41, 5.74) is 3.92. The van der Waals surface area contributed by atoms with Crippen molar-refractivity contribution in [3.63, 3.8) is 0 Å². The van der Waals surface area contributed by atoms with Crippen molar-refractivity contribution in [3.8, 4) is 6.07 Å². The molecule has 1 aliphatic carbocycles. The molecule has 0 unspecified atom stereocenters. The van der Waals surface area contributed by atoms with Crippen LogP contribution in [0.4, 0.5) is 17.2 Å². The number of nitriles is 1. The van der Waals surface area contributed by atoms with Gasteiger partial charge in [0, 0.05) is 6.04 Å². The lowest BCUT2D eigenvalue weighted by Gasteiger charge is -2.34. The zero-order valence-corrected chi connectivity index (χ0v) is 18.5. The summed E-state index contributed by atoms with van der Waals surface area (Å²) < 4.78 is 1.71. The molecule has 1 amide bonds. The molecular weight excluding hydrogens is 408 g/mol. The van der Waals surface area contributed by atoms with Gasteiger partial charge in [0.2, 0.25) is 0 Å². The number of hydrogen-bond donors (Lipinski definition) is 1. The van der Waals surface area contributed by atoms with Crippen molar-refractivity contribution in [2.45, 2.75) is 57.0 Å². The van der Waals surface area contributed by atoms with Crippen LogP contribution in [0.25, 0.3) is 5.65 Å². The third-order valence-corrected chi connectivity index (χ3v) is 6.93. The molecular formula is C23H24N6OS. The topological polar surface area (TPSA) is 86.3 Å². The van der Waals surface area contributed by atoms with Gasteiger partial charge in [-0.2, -0.15) is 14.9 Å². The monoisotopic (exact) mass is 432 g/mol. The van der Waals surface area contributed by atoms with Crippen LogP contribution >= 0.6 is 11.8 Å². The fourth-order valence-electron chi connectivity index (χ4n) is 4.64. The minimum absolute atomic E-state index is 0.0284. The van der Waals surface area contributed by atoms with Gasteiger partial charge in [-0.15, -0.1) is 11.8 Å². The van der Waals surface area contributed by atoms with Gasteiger partial charge in [0.1, 0.15) is 22.3 Å². The van der Waals surface area contributed by atoms with Crippen molar-refractivity contribution in [1.82, 2.24) is 14.6 Å². The van der Waals surface area contributed by atoms with Crippen molar-refractivity contribution in [1.29, 1.82) is 5.26 Å². The van der Waals surface area contributed by atoms with Crippen molar-refractivity contribution < 1.29 is 4.79 Å². The van der Waals surface area contributed by atoms with E-state index in [2.05, 4.69) is 11.4 Å². The number of fused-ring (bicyclic) bond motifs is 4. The fraction of sp³-hybridized carbons (Fsp3) is 0.391. The second-order valence-corrected chi connectivity index (χ2v) is 9.25. The van der Waals surface area contributed by atoms with E-state index in [1.54, 1.807) is 4.52 Å². The van der Waals surface area contributed by atoms with Gasteiger partial charge in [0.25, 0.3) is 5.91 Å². The van der Waals surface area contributed by atoms with Gasteiger partial charge in [-0.3, -0.25) is 9.69 Å². The van der Waals surface area contributed by atoms with E-state index in [0.717, 1.165) is 48.5 Å². The number of aromatic nitrogens is 3. The van der Waals surface area contributed by atoms with E-state index in [9.17, 15) is 10.1 Å². The lowest BCUT2D eigenvalue weighted by Crippen LogP contribution is -2.42. The maximum absolute atomic E-state index is 13.9. The molecule has 2 aliphatic rings. The fourth-order valence-corrected chi connectivity index (χ4v) is 5.34. The molecule has 1 N–H and O–H groups in total. The minimum Gasteiger partial charge on any atom is -0.350 e. The van der Waals surface area contributed by atoms with Crippen LogP contribution in [0, 0.1) is 18.3 Å². The predicted molar refractivity (Wildman–Crippen MR) is 122 cm³/mol. The third kappa shape index (κ3) is 3.15. The van der Waals surface area contributed by atoms with Gasteiger partial charge >= 0.3 is 0 Å². The summed E-state index contributed by atoms with van der Waals surface area (Å²) in [6.45, 7) is 3.95. The van der Waals surface area contributed by atoms with Crippen LogP contribution in [0.1, 0.15) is 60.6 Å². The first kappa shape index (κ1) is 19.9. The van der Waals surface area contributed by atoms with Crippen molar-refractivity contribution in [2.24, 2.45) is 0 Å². The first-order valence-electron chi connectivity index (χ1n) is 10.8. The van der Waals surface area contributed by atoms with E-state index in [-0.39, 0.29) is 11.9 Å². The standard InChI is InChI=1S/C23H24N6OS/c1-3-31-21-17(13-24)20-25-14(2)19-22(29(20)27-21)28(15-9-5-4-6-10-15)23(30)16-11-7-8-12-18(16)26-19/h7-8,11-12,15,26H,3-6,9-10H2,1-2H3. The molecule has 8 heteroatoms. The average molecular weight is 433 g/mol. The highest BCUT2D eigenvalue weighted by Crippen LogP contribution is 2.42. The number of nitrogens with one attached hydrogen (secondary N) is 1. The summed E-state index contributed by atoms with van der Waals surface area (Å²) in [4.78, 5) is 20.6. The number of hydrogen-bond acceptors (Lipinski definition) is 6. The first-order chi connectivity index (χ1) is 15.1. The molecule has 1 saturated carbocycles. The molecule has 1 aromatic carbocycles. The van der Waals surface area contributed by atoms with Gasteiger partial charge in [-0.1, -0.05) is 38.3 Å². The van der Waals surface area contributed by atoms with Crippen LogP contribution in [0.2, 0.25) is 0 Å². The number of benzene rings is 1. The highest BCUT2D eigenvalue weighted by molar-refractivity contribution is 7.99. The van der Waals surface area contributed by atoms with Crippen molar-refractivity contribution in [3.05, 3.63) is 41.1 Å². The molecule has 1 aliphatic heterocycles. The van der Waals surface area contributed by atoms with E-state index < -0.39 is 0 Å². The Morgan fingerprint density at radius 3 is 2.77 bits per heavy atom. The van der Waals surface area contributed by atoms with Crippen molar-refractivity contribution in [2.75, 3.05) is 16.0 Å². The molecule has 0 spiro atoms. The molecule has 3 aromatic rings. The predicted octanol–water partition coefficient (Wildman–Crippen LogP) is 5.06. The Kier molecular flexibility index (Phi) is 5.06. The van der Waals surface area contributed by atoms with Gasteiger partial charge in [0.15, 0.2) is 11.5 Å². The van der Waals surface area contributed by atoms with Crippen LogP contribution in [-0.4, -0.2) is 32.3 Å². The highest BCUT2D eigenvalue weighted by Gasteiger charge is 2.36. The van der Waals surface area contributed by atoms with Crippen LogP contribution in [0.5, 0.6) is 0 Å².